The Bertz CT molecular complexity index is 1030. The summed E-state index contributed by atoms with van der Waals surface area (Å²) in [4.78, 5) is 89.1. The first-order valence-electron chi connectivity index (χ1n) is 11.5. The molecule has 0 radical (unpaired) electrons. The van der Waals surface area contributed by atoms with Crippen molar-refractivity contribution in [3.05, 3.63) is 0 Å². The summed E-state index contributed by atoms with van der Waals surface area (Å²) in [5, 5.41) is 29.5. The van der Waals surface area contributed by atoms with Crippen molar-refractivity contribution in [1.82, 2.24) is 26.6 Å². The highest BCUT2D eigenvalue weighted by Gasteiger charge is 2.31. The monoisotopic (exact) mass is 576 g/mol. The first-order valence-corrected chi connectivity index (χ1v) is 13.0. The van der Waals surface area contributed by atoms with Crippen LogP contribution >= 0.6 is 0 Å². The summed E-state index contributed by atoms with van der Waals surface area (Å²) < 4.78 is 12.4. The highest BCUT2D eigenvalue weighted by Crippen LogP contribution is 2.02. The molecule has 11 N–H and O–H groups in total. The number of aliphatic carboxylic acids is 2. The number of hydrogen-bond donors (Lipinski definition) is 9. The van der Waals surface area contributed by atoms with Gasteiger partial charge in [0, 0.05) is 17.3 Å². The number of hydrogen-bond acceptors (Lipinski definition) is 9. The number of amides is 5. The van der Waals surface area contributed by atoms with E-state index in [1.807, 2.05) is 5.32 Å². The predicted octanol–water partition coefficient (Wildman–Crippen LogP) is -5.56. The van der Waals surface area contributed by atoms with Crippen LogP contribution in [0, 0.1) is 0 Å². The van der Waals surface area contributed by atoms with E-state index in [-0.39, 0.29) is 25.3 Å². The largest absolute Gasteiger partial charge is 0.481 e. The fraction of sp³-hybridized carbons (Fsp3) is 0.600. The third-order valence-corrected chi connectivity index (χ3v) is 6.35. The molecule has 5 amide bonds. The Balaban J connectivity index is 3.21. The molecule has 0 aliphatic carbocycles. The van der Waals surface area contributed by atoms with E-state index in [1.54, 1.807) is 0 Å². The van der Waals surface area contributed by atoms with E-state index >= 15 is 0 Å². The van der Waals surface area contributed by atoms with E-state index in [1.165, 1.54) is 6.92 Å². The summed E-state index contributed by atoms with van der Waals surface area (Å²) in [6.45, 7) is 0.671. The lowest BCUT2D eigenvalue weighted by atomic mass is 10.1. The number of guanidine groups is 1. The molecule has 0 aromatic rings. The van der Waals surface area contributed by atoms with Crippen molar-refractivity contribution in [2.45, 2.75) is 50.4 Å². The quantitative estimate of drug-likeness (QED) is 0.0778. The molecule has 218 valence electrons. The molecule has 1 fully saturated rings. The van der Waals surface area contributed by atoms with Crippen LogP contribution in [0.15, 0.2) is 4.99 Å². The molecule has 1 saturated heterocycles. The van der Waals surface area contributed by atoms with Crippen molar-refractivity contribution in [2.75, 3.05) is 24.6 Å². The van der Waals surface area contributed by atoms with Crippen molar-refractivity contribution in [3.63, 3.8) is 0 Å². The minimum absolute atomic E-state index is 0.0152. The number of nitrogens with two attached hydrogens (primary N) is 2. The van der Waals surface area contributed by atoms with E-state index in [9.17, 15) is 42.9 Å². The average Bonchev–Trinajstić information content (AvgIpc) is 2.81. The van der Waals surface area contributed by atoms with Crippen LogP contribution in [0.2, 0.25) is 0 Å². The molecule has 5 atom stereocenters. The highest BCUT2D eigenvalue weighted by molar-refractivity contribution is 7.85. The molecule has 1 rings (SSSR count). The minimum atomic E-state index is -2.14. The minimum Gasteiger partial charge on any atom is -0.481 e. The second-order valence-electron chi connectivity index (χ2n) is 8.39. The first kappa shape index (κ1) is 32.7. The van der Waals surface area contributed by atoms with Crippen molar-refractivity contribution in [3.8, 4) is 0 Å². The zero-order valence-electron chi connectivity index (χ0n) is 20.9. The Morgan fingerprint density at radius 1 is 0.949 bits per heavy atom. The average molecular weight is 577 g/mol. The van der Waals surface area contributed by atoms with E-state index < -0.39 is 101 Å². The van der Waals surface area contributed by atoms with Crippen molar-refractivity contribution in [1.29, 1.82) is 0 Å². The summed E-state index contributed by atoms with van der Waals surface area (Å²) in [5.74, 6) is -9.47. The molecule has 0 spiro atoms. The van der Waals surface area contributed by atoms with Crippen LogP contribution in [0.4, 0.5) is 0 Å². The first-order chi connectivity index (χ1) is 18.2. The molecule has 0 aromatic heterocycles. The molecule has 18 nitrogen and oxygen atoms in total. The molecule has 19 heteroatoms. The molecule has 0 aromatic carbocycles. The number of nitrogens with zero attached hydrogens (tertiary/aromatic N) is 1. The van der Waals surface area contributed by atoms with Gasteiger partial charge in [0.1, 0.15) is 29.9 Å². The number of carbonyl (C=O) groups is 7. The fourth-order valence-electron chi connectivity index (χ4n) is 3.18. The number of aliphatic imine (C=N–C) groups is 1. The van der Waals surface area contributed by atoms with Gasteiger partial charge < -0.3 is 48.3 Å². The third kappa shape index (κ3) is 12.7. The van der Waals surface area contributed by atoms with Gasteiger partial charge in [-0.05, 0) is 19.8 Å². The molecule has 0 saturated carbocycles. The van der Waals surface area contributed by atoms with Gasteiger partial charge in [-0.3, -0.25) is 38.0 Å². The Labute approximate surface area is 224 Å². The third-order valence-electron chi connectivity index (χ3n) is 5.06. The lowest BCUT2D eigenvalue weighted by Crippen LogP contribution is -2.57. The molecule has 0 bridgehead atoms. The van der Waals surface area contributed by atoms with Gasteiger partial charge in [-0.2, -0.15) is 0 Å². The zero-order chi connectivity index (χ0) is 29.7. The Morgan fingerprint density at radius 3 is 2.21 bits per heavy atom. The predicted molar refractivity (Wildman–Crippen MR) is 134 cm³/mol. The van der Waals surface area contributed by atoms with Crippen LogP contribution in [-0.2, 0) is 44.4 Å². The van der Waals surface area contributed by atoms with E-state index in [0.29, 0.717) is 0 Å². The second kappa shape index (κ2) is 15.8. The highest BCUT2D eigenvalue weighted by atomic mass is 32.2. The summed E-state index contributed by atoms with van der Waals surface area (Å²) in [7, 11) is -2.14. The number of carboxylic acids is 2. The van der Waals surface area contributed by atoms with Crippen molar-refractivity contribution >= 4 is 58.2 Å². The van der Waals surface area contributed by atoms with E-state index in [0.717, 1.165) is 0 Å². The van der Waals surface area contributed by atoms with Crippen LogP contribution < -0.4 is 38.1 Å². The molecule has 1 heterocycles. The molecule has 1 aliphatic heterocycles. The normalized spacial score (nSPS) is 25.9. The smallest absolute Gasteiger partial charge is 0.327 e. The van der Waals surface area contributed by atoms with Crippen molar-refractivity contribution in [2.24, 2.45) is 16.5 Å². The lowest BCUT2D eigenvalue weighted by molar-refractivity contribution is -0.143. The van der Waals surface area contributed by atoms with Gasteiger partial charge in [-0.15, -0.1) is 0 Å². The van der Waals surface area contributed by atoms with Gasteiger partial charge >= 0.3 is 11.9 Å². The molecular weight excluding hydrogens is 544 g/mol. The topological polar surface area (TPSA) is 302 Å². The zero-order valence-corrected chi connectivity index (χ0v) is 21.7. The molecule has 1 unspecified atom stereocenters. The number of carboxylic acid groups (broad SMARTS) is 2. The molecule has 39 heavy (non-hydrogen) atoms. The Morgan fingerprint density at radius 2 is 1.62 bits per heavy atom. The van der Waals surface area contributed by atoms with Gasteiger partial charge in [-0.1, -0.05) is 0 Å². The van der Waals surface area contributed by atoms with Crippen LogP contribution in [0.25, 0.3) is 0 Å². The van der Waals surface area contributed by atoms with E-state index in [4.69, 9.17) is 16.6 Å². The number of rotatable bonds is 7. The van der Waals surface area contributed by atoms with Gasteiger partial charge in [-0.25, -0.2) is 4.79 Å². The summed E-state index contributed by atoms with van der Waals surface area (Å²) in [6, 6.07) is -5.95. The van der Waals surface area contributed by atoms with Crippen LogP contribution in [0.3, 0.4) is 0 Å². The van der Waals surface area contributed by atoms with Gasteiger partial charge in [0.15, 0.2) is 5.96 Å². The molecular formula is C20H32N8O10S. The fourth-order valence-corrected chi connectivity index (χ4v) is 4.27. The number of nitrogens with one attached hydrogen (secondary N) is 5. The van der Waals surface area contributed by atoms with Gasteiger partial charge in [0.25, 0.3) is 0 Å². The van der Waals surface area contributed by atoms with Crippen molar-refractivity contribution < 1.29 is 48.0 Å². The second-order valence-corrected chi connectivity index (χ2v) is 9.89. The van der Waals surface area contributed by atoms with Crippen LogP contribution in [0.5, 0.6) is 0 Å². The number of carbonyl (C=O) groups excluding carboxylic acids is 5. The standard InChI is InChI=1S/C20H32N8O10S/c1-9-16(33)27-10(3-2-4-23-20(21)22)17(34)24-6-13(29)26-11(5-15(31)32)18(35)28-12(19(36)37)7-39(38)8-14(30)25-9/h9-12H,2-8H2,1H3,(H,24,34)(H,25,30)(H,26,29)(H,27,33)(H,28,35)(H,31,32)(H,36,37)(H4,21,22,23)/t9-,10-,11-,12-,39?/m0/s1. The Hall–Kier alpha value is -4.29. The van der Waals surface area contributed by atoms with Gasteiger partial charge in [0.05, 0.1) is 18.7 Å². The molecule has 1 aliphatic rings. The van der Waals surface area contributed by atoms with Crippen LogP contribution in [0.1, 0.15) is 26.2 Å². The maximum atomic E-state index is 12.7. The summed E-state index contributed by atoms with van der Waals surface area (Å²) in [6.07, 6.45) is -0.695. The SMILES string of the molecule is C[C@@H]1NC(=O)CS(=O)C[C@@H](C(=O)O)NC(=O)[C@H](CC(=O)O)NC(=O)CNC(=O)[C@H](CCCN=C(N)N)NC1=O. The van der Waals surface area contributed by atoms with E-state index in [2.05, 4.69) is 26.3 Å². The van der Waals surface area contributed by atoms with Gasteiger partial charge in [0.2, 0.25) is 29.5 Å². The summed E-state index contributed by atoms with van der Waals surface area (Å²) >= 11 is 0. The summed E-state index contributed by atoms with van der Waals surface area (Å²) in [5.41, 5.74) is 10.5. The lowest BCUT2D eigenvalue weighted by Gasteiger charge is -2.23. The Kier molecular flexibility index (Phi) is 13.3. The maximum Gasteiger partial charge on any atom is 0.327 e. The van der Waals surface area contributed by atoms with Crippen LogP contribution in [-0.4, -0.2) is 111 Å². The maximum absolute atomic E-state index is 12.7.